The first-order valence-corrected chi connectivity index (χ1v) is 5.01. The van der Waals surface area contributed by atoms with Crippen molar-refractivity contribution in [2.45, 2.75) is 36.3 Å². The Kier molecular flexibility index (Phi) is 5.11. The molecule has 0 aliphatic heterocycles. The summed E-state index contributed by atoms with van der Waals surface area (Å²) in [7, 11) is 0. The van der Waals surface area contributed by atoms with Gasteiger partial charge in [0.05, 0.1) is 0 Å². The molecule has 0 saturated heterocycles. The highest BCUT2D eigenvalue weighted by molar-refractivity contribution is 5.80. The van der Waals surface area contributed by atoms with Crippen LogP contribution in [0.2, 0.25) is 0 Å². The molecule has 2 nitrogen and oxygen atoms in total. The average Bonchev–Trinajstić information content (AvgIpc) is 2.21. The van der Waals surface area contributed by atoms with Crippen LogP contribution in [0.15, 0.2) is 0 Å². The van der Waals surface area contributed by atoms with Crippen molar-refractivity contribution in [1.82, 2.24) is 0 Å². The summed E-state index contributed by atoms with van der Waals surface area (Å²) in [6.45, 7) is 0. The minimum atomic E-state index is -8.56. The highest BCUT2D eigenvalue weighted by atomic mass is 19.4. The van der Waals surface area contributed by atoms with Gasteiger partial charge in [-0.25, -0.2) is 4.39 Å². The molecular formula is C8HF15O2. The number of carboxylic acid groups (broad SMARTS) is 1. The van der Waals surface area contributed by atoms with Gasteiger partial charge in [0.2, 0.25) is 0 Å². The number of carbonyl (C=O) groups is 1. The fourth-order valence-electron chi connectivity index (χ4n) is 1.79. The van der Waals surface area contributed by atoms with Gasteiger partial charge in [-0.05, 0) is 0 Å². The highest BCUT2D eigenvalue weighted by Gasteiger charge is 3.00. The number of hydrogen-bond acceptors (Lipinski definition) is 1. The molecule has 0 bridgehead atoms. The maximum absolute atomic E-state index is 13.6. The zero-order chi connectivity index (χ0) is 21.1. The molecule has 25 heavy (non-hydrogen) atoms. The van der Waals surface area contributed by atoms with Crippen molar-refractivity contribution in [1.29, 1.82) is 0 Å². The lowest BCUT2D eigenvalue weighted by Crippen LogP contribution is -2.79. The maximum Gasteiger partial charge on any atom is 0.455 e. The third-order valence-electron chi connectivity index (χ3n) is 2.87. The predicted octanol–water partition coefficient (Wildman–Crippen LogP) is 4.65. The molecular weight excluding hydrogens is 413 g/mol. The standard InChI is InChI=1S/C8HF15O2/c9-3(6(15,16)17,7(18,19)20)2(1(24)25,5(12,13)14)4(10,11)8(21,22)23/h(H,24,25). The second-order valence-corrected chi connectivity index (χ2v) is 4.28. The lowest BCUT2D eigenvalue weighted by molar-refractivity contribution is -0.465. The molecule has 1 atom stereocenters. The van der Waals surface area contributed by atoms with Crippen LogP contribution >= 0.6 is 0 Å². The van der Waals surface area contributed by atoms with Gasteiger partial charge in [0.25, 0.3) is 5.41 Å². The number of carboxylic acids is 1. The highest BCUT2D eigenvalue weighted by Crippen LogP contribution is 2.69. The van der Waals surface area contributed by atoms with Gasteiger partial charge in [-0.1, -0.05) is 0 Å². The zero-order valence-electron chi connectivity index (χ0n) is 10.5. The number of halogens is 15. The summed E-state index contributed by atoms with van der Waals surface area (Å²) in [6.07, 6.45) is -32.5. The molecule has 150 valence electrons. The van der Waals surface area contributed by atoms with E-state index in [-0.39, 0.29) is 0 Å². The van der Waals surface area contributed by atoms with Gasteiger partial charge in [-0.15, -0.1) is 0 Å². The molecule has 17 heteroatoms. The minimum Gasteiger partial charge on any atom is -0.480 e. The molecule has 0 radical (unpaired) electrons. The van der Waals surface area contributed by atoms with Crippen LogP contribution in [0.25, 0.3) is 0 Å². The first-order valence-electron chi connectivity index (χ1n) is 5.01. The molecule has 1 N–H and O–H groups in total. The van der Waals surface area contributed by atoms with E-state index in [0.717, 1.165) is 0 Å². The number of rotatable bonds is 3. The van der Waals surface area contributed by atoms with E-state index < -0.39 is 47.7 Å². The molecule has 1 unspecified atom stereocenters. The second kappa shape index (κ2) is 5.46. The van der Waals surface area contributed by atoms with Crippen LogP contribution in [-0.4, -0.2) is 47.4 Å². The van der Waals surface area contributed by atoms with Crippen LogP contribution in [0.1, 0.15) is 0 Å². The van der Waals surface area contributed by atoms with E-state index >= 15 is 0 Å². The molecule has 0 rings (SSSR count). The summed E-state index contributed by atoms with van der Waals surface area (Å²) >= 11 is 0. The van der Waals surface area contributed by atoms with E-state index in [1.807, 2.05) is 0 Å². The Morgan fingerprint density at radius 2 is 0.800 bits per heavy atom. The fraction of sp³-hybridized carbons (Fsp3) is 0.875. The molecule has 0 amide bonds. The maximum atomic E-state index is 13.6. The van der Waals surface area contributed by atoms with Gasteiger partial charge < -0.3 is 5.11 Å². The molecule has 0 spiro atoms. The molecule has 0 fully saturated rings. The summed E-state index contributed by atoms with van der Waals surface area (Å²) in [5, 5.41) is 7.98. The third kappa shape index (κ3) is 2.74. The van der Waals surface area contributed by atoms with Crippen molar-refractivity contribution < 1.29 is 75.8 Å². The molecule has 0 heterocycles. The number of alkyl halides is 15. The van der Waals surface area contributed by atoms with E-state index in [9.17, 15) is 70.7 Å². The topological polar surface area (TPSA) is 37.3 Å². The number of aliphatic carboxylic acids is 1. The van der Waals surface area contributed by atoms with Crippen LogP contribution in [0.3, 0.4) is 0 Å². The van der Waals surface area contributed by atoms with Crippen LogP contribution in [0.5, 0.6) is 0 Å². The van der Waals surface area contributed by atoms with Crippen LogP contribution in [-0.2, 0) is 4.79 Å². The van der Waals surface area contributed by atoms with Crippen LogP contribution < -0.4 is 0 Å². The number of hydrogen-bond donors (Lipinski definition) is 1. The van der Waals surface area contributed by atoms with Crippen molar-refractivity contribution in [3.63, 3.8) is 0 Å². The van der Waals surface area contributed by atoms with Crippen molar-refractivity contribution in [2.24, 2.45) is 5.41 Å². The first kappa shape index (κ1) is 23.4. The molecule has 0 aromatic heterocycles. The molecule has 0 aromatic rings. The van der Waals surface area contributed by atoms with E-state index in [4.69, 9.17) is 5.11 Å². The van der Waals surface area contributed by atoms with Crippen LogP contribution in [0.4, 0.5) is 65.9 Å². The Bertz CT molecular complexity index is 506. The zero-order valence-corrected chi connectivity index (χ0v) is 10.5. The molecule has 0 aliphatic carbocycles. The lowest BCUT2D eigenvalue weighted by atomic mass is 9.66. The average molecular weight is 414 g/mol. The summed E-state index contributed by atoms with van der Waals surface area (Å²) in [5.41, 5.74) is -16.9. The summed E-state index contributed by atoms with van der Waals surface area (Å²) in [4.78, 5) is 10.4. The van der Waals surface area contributed by atoms with Gasteiger partial charge in [0.15, 0.2) is 0 Å². The molecule has 0 aliphatic rings. The summed E-state index contributed by atoms with van der Waals surface area (Å²) in [6, 6.07) is 0. The SMILES string of the molecule is O=C(O)C(C(F)(F)F)(C(F)(F)C(F)(F)F)C(F)(C(F)(F)F)C(F)(F)F. The van der Waals surface area contributed by atoms with Gasteiger partial charge in [-0.2, -0.15) is 61.5 Å². The lowest BCUT2D eigenvalue weighted by Gasteiger charge is -2.47. The second-order valence-electron chi connectivity index (χ2n) is 4.28. The Balaban J connectivity index is 7.69. The van der Waals surface area contributed by atoms with Crippen molar-refractivity contribution in [2.75, 3.05) is 0 Å². The van der Waals surface area contributed by atoms with E-state index in [1.54, 1.807) is 0 Å². The quantitative estimate of drug-likeness (QED) is 0.683. The molecule has 0 aromatic carbocycles. The largest absolute Gasteiger partial charge is 0.480 e. The predicted molar refractivity (Wildman–Crippen MR) is 43.1 cm³/mol. The van der Waals surface area contributed by atoms with E-state index in [1.165, 1.54) is 0 Å². The monoisotopic (exact) mass is 414 g/mol. The third-order valence-corrected chi connectivity index (χ3v) is 2.87. The fourth-order valence-corrected chi connectivity index (χ4v) is 1.79. The van der Waals surface area contributed by atoms with Crippen molar-refractivity contribution in [3.05, 3.63) is 0 Å². The Hall–Kier alpha value is -1.58. The molecule has 0 saturated carbocycles. The van der Waals surface area contributed by atoms with E-state index in [2.05, 4.69) is 0 Å². The Labute approximate surface area is 125 Å². The van der Waals surface area contributed by atoms with Crippen LogP contribution in [0, 0.1) is 5.41 Å². The summed E-state index contributed by atoms with van der Waals surface area (Å²) in [5.74, 6) is -13.5. The van der Waals surface area contributed by atoms with Crippen molar-refractivity contribution in [3.8, 4) is 0 Å². The first-order chi connectivity index (χ1) is 10.4. The van der Waals surface area contributed by atoms with Gasteiger partial charge in [-0.3, -0.25) is 4.79 Å². The van der Waals surface area contributed by atoms with E-state index in [0.29, 0.717) is 0 Å². The Morgan fingerprint density at radius 3 is 0.920 bits per heavy atom. The summed E-state index contributed by atoms with van der Waals surface area (Å²) < 4.78 is 188. The smallest absolute Gasteiger partial charge is 0.455 e. The minimum absolute atomic E-state index is 5.08. The Morgan fingerprint density at radius 1 is 0.520 bits per heavy atom. The van der Waals surface area contributed by atoms with Gasteiger partial charge >= 0.3 is 42.3 Å². The normalized spacial score (nSPS) is 18.0. The van der Waals surface area contributed by atoms with Gasteiger partial charge in [0, 0.05) is 0 Å². The van der Waals surface area contributed by atoms with Crippen molar-refractivity contribution >= 4 is 5.97 Å². The van der Waals surface area contributed by atoms with Gasteiger partial charge in [0.1, 0.15) is 0 Å².